The van der Waals surface area contributed by atoms with Crippen LogP contribution >= 0.6 is 0 Å². The van der Waals surface area contributed by atoms with Crippen molar-refractivity contribution in [3.63, 3.8) is 0 Å². The monoisotopic (exact) mass is 304 g/mol. The number of rotatable bonds is 5. The van der Waals surface area contributed by atoms with Gasteiger partial charge in [-0.15, -0.1) is 0 Å². The maximum Gasteiger partial charge on any atom is 0.317 e. The Morgan fingerprint density at radius 3 is 2.45 bits per heavy atom. The molecular weight excluding hydrogens is 280 g/mol. The molecule has 4 heteroatoms. The van der Waals surface area contributed by atoms with Gasteiger partial charge in [0.05, 0.1) is 0 Å². The second kappa shape index (κ2) is 6.51. The molecule has 1 aliphatic rings. The standard InChI is InChI=1S/C18H24O4/c1-12(2)11-14-6-8-15(9-7-14)18(17(20)21)10-4-5-16(18)22-13(3)19/h6-9,12,16H,4-5,10-11H2,1-3H3,(H,20,21). The summed E-state index contributed by atoms with van der Waals surface area (Å²) >= 11 is 0. The molecule has 0 aromatic heterocycles. The first-order chi connectivity index (χ1) is 10.4. The molecule has 120 valence electrons. The van der Waals surface area contributed by atoms with E-state index in [4.69, 9.17) is 4.74 Å². The van der Waals surface area contributed by atoms with Crippen LogP contribution in [0.1, 0.15) is 51.2 Å². The highest BCUT2D eigenvalue weighted by molar-refractivity contribution is 5.83. The summed E-state index contributed by atoms with van der Waals surface area (Å²) in [6.07, 6.45) is 2.23. The number of hydrogen-bond acceptors (Lipinski definition) is 3. The van der Waals surface area contributed by atoms with Crippen LogP contribution in [0.5, 0.6) is 0 Å². The summed E-state index contributed by atoms with van der Waals surface area (Å²) in [5, 5.41) is 9.82. The minimum Gasteiger partial charge on any atom is -0.480 e. The van der Waals surface area contributed by atoms with E-state index in [-0.39, 0.29) is 0 Å². The van der Waals surface area contributed by atoms with E-state index in [1.807, 2.05) is 24.3 Å². The Morgan fingerprint density at radius 1 is 1.32 bits per heavy atom. The van der Waals surface area contributed by atoms with E-state index in [0.29, 0.717) is 18.8 Å². The lowest BCUT2D eigenvalue weighted by Crippen LogP contribution is -2.44. The Morgan fingerprint density at radius 2 is 1.95 bits per heavy atom. The topological polar surface area (TPSA) is 63.6 Å². The smallest absolute Gasteiger partial charge is 0.317 e. The van der Waals surface area contributed by atoms with Crippen molar-refractivity contribution in [2.45, 2.75) is 58.0 Å². The molecule has 0 heterocycles. The molecule has 0 spiro atoms. The second-order valence-electron chi connectivity index (χ2n) is 6.56. The predicted molar refractivity (Wildman–Crippen MR) is 83.7 cm³/mol. The first-order valence-corrected chi connectivity index (χ1v) is 7.86. The van der Waals surface area contributed by atoms with E-state index in [0.717, 1.165) is 18.4 Å². The summed E-state index contributed by atoms with van der Waals surface area (Å²) in [6.45, 7) is 5.64. The lowest BCUT2D eigenvalue weighted by Gasteiger charge is -2.31. The van der Waals surface area contributed by atoms with Gasteiger partial charge in [0, 0.05) is 6.92 Å². The van der Waals surface area contributed by atoms with Crippen molar-refractivity contribution < 1.29 is 19.4 Å². The van der Waals surface area contributed by atoms with Gasteiger partial charge in [-0.3, -0.25) is 9.59 Å². The summed E-state index contributed by atoms with van der Waals surface area (Å²) < 4.78 is 5.32. The number of esters is 1. The predicted octanol–water partition coefficient (Wildman–Crippen LogP) is 3.32. The fourth-order valence-corrected chi connectivity index (χ4v) is 3.44. The summed E-state index contributed by atoms with van der Waals surface area (Å²) in [7, 11) is 0. The van der Waals surface area contributed by atoms with Crippen molar-refractivity contribution >= 4 is 11.9 Å². The molecule has 4 nitrogen and oxygen atoms in total. The van der Waals surface area contributed by atoms with Crippen LogP contribution in [0.25, 0.3) is 0 Å². The fraction of sp³-hybridized carbons (Fsp3) is 0.556. The maximum atomic E-state index is 12.0. The van der Waals surface area contributed by atoms with E-state index >= 15 is 0 Å². The molecular formula is C18H24O4. The molecule has 1 aromatic rings. The first-order valence-electron chi connectivity index (χ1n) is 7.86. The third-order valence-electron chi connectivity index (χ3n) is 4.39. The molecule has 0 radical (unpaired) electrons. The Labute approximate surface area is 131 Å². The van der Waals surface area contributed by atoms with Crippen molar-refractivity contribution in [2.24, 2.45) is 5.92 Å². The Balaban J connectivity index is 2.35. The molecule has 0 amide bonds. The Bertz CT molecular complexity index is 547. The number of carbonyl (C=O) groups excluding carboxylic acids is 1. The highest BCUT2D eigenvalue weighted by atomic mass is 16.5. The average Bonchev–Trinajstić information content (AvgIpc) is 2.82. The van der Waals surface area contributed by atoms with E-state index in [1.165, 1.54) is 12.5 Å². The Hall–Kier alpha value is -1.84. The number of carboxylic acids is 1. The van der Waals surface area contributed by atoms with Crippen LogP contribution in [0.2, 0.25) is 0 Å². The highest BCUT2D eigenvalue weighted by Gasteiger charge is 2.52. The van der Waals surface area contributed by atoms with Crippen molar-refractivity contribution in [3.8, 4) is 0 Å². The van der Waals surface area contributed by atoms with Crippen molar-refractivity contribution in [3.05, 3.63) is 35.4 Å². The molecule has 1 aliphatic carbocycles. The molecule has 0 saturated heterocycles. The van der Waals surface area contributed by atoms with Gasteiger partial charge in [-0.1, -0.05) is 38.1 Å². The zero-order valence-corrected chi connectivity index (χ0v) is 13.5. The van der Waals surface area contributed by atoms with Crippen molar-refractivity contribution in [2.75, 3.05) is 0 Å². The van der Waals surface area contributed by atoms with Gasteiger partial charge in [-0.05, 0) is 42.7 Å². The number of aliphatic carboxylic acids is 1. The summed E-state index contributed by atoms with van der Waals surface area (Å²) in [5.41, 5.74) is 0.819. The van der Waals surface area contributed by atoms with Gasteiger partial charge in [0.1, 0.15) is 11.5 Å². The summed E-state index contributed by atoms with van der Waals surface area (Å²) in [6, 6.07) is 7.74. The Kier molecular flexibility index (Phi) is 4.89. The van der Waals surface area contributed by atoms with Crippen LogP contribution < -0.4 is 0 Å². The van der Waals surface area contributed by atoms with Gasteiger partial charge < -0.3 is 9.84 Å². The third kappa shape index (κ3) is 3.16. The van der Waals surface area contributed by atoms with Crippen molar-refractivity contribution in [1.29, 1.82) is 0 Å². The number of carbonyl (C=O) groups is 2. The third-order valence-corrected chi connectivity index (χ3v) is 4.39. The lowest BCUT2D eigenvalue weighted by molar-refractivity contribution is -0.157. The molecule has 1 N–H and O–H groups in total. The second-order valence-corrected chi connectivity index (χ2v) is 6.56. The van der Waals surface area contributed by atoms with E-state index in [2.05, 4.69) is 13.8 Å². The molecule has 2 atom stereocenters. The zero-order valence-electron chi connectivity index (χ0n) is 13.5. The number of benzene rings is 1. The molecule has 0 aliphatic heterocycles. The summed E-state index contributed by atoms with van der Waals surface area (Å²) in [4.78, 5) is 23.3. The zero-order chi connectivity index (χ0) is 16.3. The number of hydrogen-bond donors (Lipinski definition) is 1. The average molecular weight is 304 g/mol. The molecule has 2 unspecified atom stereocenters. The van der Waals surface area contributed by atoms with Gasteiger partial charge in [0.2, 0.25) is 0 Å². The maximum absolute atomic E-state index is 12.0. The van der Waals surface area contributed by atoms with Gasteiger partial charge in [0.15, 0.2) is 0 Å². The minimum absolute atomic E-state index is 0.422. The highest BCUT2D eigenvalue weighted by Crippen LogP contribution is 2.43. The van der Waals surface area contributed by atoms with Gasteiger partial charge >= 0.3 is 11.9 Å². The van der Waals surface area contributed by atoms with Crippen LogP contribution in [0.4, 0.5) is 0 Å². The number of ether oxygens (including phenoxy) is 1. The minimum atomic E-state index is -1.11. The molecule has 2 rings (SSSR count). The van der Waals surface area contributed by atoms with Crippen LogP contribution in [-0.4, -0.2) is 23.1 Å². The van der Waals surface area contributed by atoms with Crippen LogP contribution in [0.3, 0.4) is 0 Å². The molecule has 1 fully saturated rings. The largest absolute Gasteiger partial charge is 0.480 e. The van der Waals surface area contributed by atoms with Crippen LogP contribution in [0.15, 0.2) is 24.3 Å². The normalized spacial score (nSPS) is 24.5. The van der Waals surface area contributed by atoms with Gasteiger partial charge in [-0.2, -0.15) is 0 Å². The first kappa shape index (κ1) is 16.5. The number of carboxylic acid groups (broad SMARTS) is 1. The quantitative estimate of drug-likeness (QED) is 0.848. The summed E-state index contributed by atoms with van der Waals surface area (Å²) in [5.74, 6) is -0.777. The van der Waals surface area contributed by atoms with Crippen molar-refractivity contribution in [1.82, 2.24) is 0 Å². The van der Waals surface area contributed by atoms with Gasteiger partial charge in [0.25, 0.3) is 0 Å². The van der Waals surface area contributed by atoms with Gasteiger partial charge in [-0.25, -0.2) is 0 Å². The van der Waals surface area contributed by atoms with E-state index in [1.54, 1.807) is 0 Å². The van der Waals surface area contributed by atoms with Crippen LogP contribution in [0, 0.1) is 5.92 Å². The molecule has 22 heavy (non-hydrogen) atoms. The van der Waals surface area contributed by atoms with E-state index < -0.39 is 23.5 Å². The molecule has 1 saturated carbocycles. The lowest BCUT2D eigenvalue weighted by atomic mass is 9.76. The molecule has 0 bridgehead atoms. The van der Waals surface area contributed by atoms with Crippen LogP contribution in [-0.2, 0) is 26.2 Å². The van der Waals surface area contributed by atoms with E-state index in [9.17, 15) is 14.7 Å². The molecule has 1 aromatic carbocycles. The fourth-order valence-electron chi connectivity index (χ4n) is 3.44. The SMILES string of the molecule is CC(=O)OC1CCCC1(C(=O)O)c1ccc(CC(C)C)cc1.